The van der Waals surface area contributed by atoms with E-state index in [1.54, 1.807) is 38.5 Å². The van der Waals surface area contributed by atoms with Crippen LogP contribution in [-0.4, -0.2) is 186 Å². The molecule has 3 aromatic rings. The number of benzene rings is 2. The van der Waals surface area contributed by atoms with Gasteiger partial charge in [-0.1, -0.05) is 36.4 Å². The number of ether oxygens (including phenoxy) is 3. The highest BCUT2D eigenvalue weighted by molar-refractivity contribution is 7.98. The molecule has 70 heavy (non-hydrogen) atoms. The van der Waals surface area contributed by atoms with Crippen molar-refractivity contribution >= 4 is 59.1 Å². The zero-order valence-electron chi connectivity index (χ0n) is 41.3. The molecule has 19 nitrogen and oxygen atoms in total. The van der Waals surface area contributed by atoms with E-state index in [1.165, 1.54) is 18.9 Å². The SMILES string of the molecule is COC(=O)[C@H](CCSC)NC(=O)CN(Cc1ccccc1OC)C[C@@H]1CCCN1C(=O)CN.COc1ccccc1CN(CC(=O)N[C@@H](CCSC)C(=O)O)C[C@@H]1CCCN1C(=O)CCc1cnc[nH]1. The summed E-state index contributed by atoms with van der Waals surface area (Å²) in [6.07, 6.45) is 12.5. The van der Waals surface area contributed by atoms with Gasteiger partial charge >= 0.3 is 11.9 Å². The van der Waals surface area contributed by atoms with Crippen LogP contribution >= 0.6 is 23.5 Å². The number of carboxylic acid groups (broad SMARTS) is 1. The Morgan fingerprint density at radius 2 is 1.29 bits per heavy atom. The number of para-hydroxylation sites is 2. The summed E-state index contributed by atoms with van der Waals surface area (Å²) in [4.78, 5) is 89.7. The van der Waals surface area contributed by atoms with Crippen LogP contribution in [0.25, 0.3) is 0 Å². The number of hydrogen-bond donors (Lipinski definition) is 5. The number of carboxylic acids is 1. The zero-order chi connectivity index (χ0) is 50.8. The topological polar surface area (TPSA) is 242 Å². The second kappa shape index (κ2) is 31.1. The highest BCUT2D eigenvalue weighted by Crippen LogP contribution is 2.25. The number of aryl methyl sites for hydroxylation is 1. The Bertz CT molecular complexity index is 2100. The number of nitrogens with one attached hydrogen (secondary N) is 3. The summed E-state index contributed by atoms with van der Waals surface area (Å²) < 4.78 is 15.8. The first kappa shape index (κ1) is 57.2. The van der Waals surface area contributed by atoms with E-state index in [0.29, 0.717) is 70.7 Å². The van der Waals surface area contributed by atoms with Gasteiger partial charge in [-0.2, -0.15) is 23.5 Å². The minimum Gasteiger partial charge on any atom is -0.496 e. The Hall–Kier alpha value is -5.35. The number of nitrogens with two attached hydrogens (primary N) is 1. The zero-order valence-corrected chi connectivity index (χ0v) is 42.9. The lowest BCUT2D eigenvalue weighted by Crippen LogP contribution is -2.49. The minimum absolute atomic E-state index is 0.0172. The van der Waals surface area contributed by atoms with Crippen molar-refractivity contribution in [2.45, 2.75) is 88.6 Å². The van der Waals surface area contributed by atoms with E-state index in [2.05, 4.69) is 20.6 Å². The number of hydrogen-bond acceptors (Lipinski definition) is 15. The summed E-state index contributed by atoms with van der Waals surface area (Å²) in [5, 5.41) is 15.0. The van der Waals surface area contributed by atoms with Gasteiger partial charge in [0.2, 0.25) is 23.6 Å². The number of carbonyl (C=O) groups excluding carboxylic acids is 5. The summed E-state index contributed by atoms with van der Waals surface area (Å²) in [7, 11) is 4.54. The Labute approximate surface area is 420 Å². The van der Waals surface area contributed by atoms with E-state index in [0.717, 1.165) is 59.8 Å². The summed E-state index contributed by atoms with van der Waals surface area (Å²) in [5.41, 5.74) is 8.38. The van der Waals surface area contributed by atoms with Gasteiger partial charge in [0.25, 0.3) is 0 Å². The van der Waals surface area contributed by atoms with Crippen molar-refractivity contribution in [3.05, 3.63) is 77.9 Å². The smallest absolute Gasteiger partial charge is 0.328 e. The van der Waals surface area contributed by atoms with Gasteiger partial charge in [-0.3, -0.25) is 29.0 Å². The molecule has 21 heteroatoms. The molecule has 2 aromatic carbocycles. The Kier molecular flexibility index (Phi) is 25.4. The fraction of sp³-hybridized carbons (Fsp3) is 0.571. The van der Waals surface area contributed by atoms with Crippen LogP contribution in [0.2, 0.25) is 0 Å². The molecule has 2 aliphatic rings. The first-order valence-corrected chi connectivity index (χ1v) is 26.4. The number of rotatable bonds is 28. The number of aromatic amines is 1. The number of methoxy groups -OCH3 is 3. The fourth-order valence-electron chi connectivity index (χ4n) is 8.75. The van der Waals surface area contributed by atoms with Gasteiger partial charge in [0.1, 0.15) is 23.6 Å². The van der Waals surface area contributed by atoms with E-state index in [-0.39, 0.29) is 55.3 Å². The highest BCUT2D eigenvalue weighted by atomic mass is 32.2. The first-order valence-electron chi connectivity index (χ1n) is 23.7. The molecule has 0 bridgehead atoms. The van der Waals surface area contributed by atoms with Crippen molar-refractivity contribution in [1.82, 2.24) is 40.2 Å². The lowest BCUT2D eigenvalue weighted by Gasteiger charge is -2.31. The molecule has 2 aliphatic heterocycles. The average molecular weight is 1010 g/mol. The van der Waals surface area contributed by atoms with Gasteiger partial charge in [-0.25, -0.2) is 14.6 Å². The van der Waals surface area contributed by atoms with Gasteiger partial charge in [0, 0.05) is 80.8 Å². The Balaban J connectivity index is 0.000000307. The molecule has 0 aliphatic carbocycles. The van der Waals surface area contributed by atoms with Crippen molar-refractivity contribution in [2.24, 2.45) is 5.73 Å². The summed E-state index contributed by atoms with van der Waals surface area (Å²) >= 11 is 3.14. The number of aromatic nitrogens is 2. The lowest BCUT2D eigenvalue weighted by atomic mass is 10.1. The molecule has 5 rings (SSSR count). The largest absolute Gasteiger partial charge is 0.496 e. The van der Waals surface area contributed by atoms with Crippen LogP contribution in [0.1, 0.15) is 61.8 Å². The van der Waals surface area contributed by atoms with E-state index >= 15 is 0 Å². The molecule has 4 amide bonds. The molecule has 6 N–H and O–H groups in total. The van der Waals surface area contributed by atoms with Crippen molar-refractivity contribution < 1.29 is 48.1 Å². The molecule has 0 spiro atoms. The van der Waals surface area contributed by atoms with Crippen molar-refractivity contribution in [3.8, 4) is 11.5 Å². The summed E-state index contributed by atoms with van der Waals surface area (Å²) in [6.45, 7) is 3.36. The Morgan fingerprint density at radius 3 is 1.74 bits per heavy atom. The van der Waals surface area contributed by atoms with Gasteiger partial charge in [0.15, 0.2) is 0 Å². The van der Waals surface area contributed by atoms with Crippen molar-refractivity contribution in [2.75, 3.05) is 91.2 Å². The number of likely N-dealkylation sites (tertiary alicyclic amines) is 2. The standard InChI is InChI=1S/C26H37N5O5S.C23H36N4O5S/c1-36-23-8-4-3-6-19(23)15-30(17-24(32)29-22(26(34)35)11-13-37-2)16-21-7-5-12-31(21)25(33)10-9-20-14-27-18-28-20;1-31-20-9-5-4-7-17(20)14-26(15-18-8-6-11-27(18)22(29)13-24)16-21(28)25-19(10-12-33-3)23(30)32-2/h3-4,6,8,14,18,21-22H,5,7,9-13,15-17H2,1-2H3,(H,27,28)(H,29,32)(H,34,35);4-5,7,9,18-19H,6,8,10-16,24H2,1-3H3,(H,25,28)/t21-,22-;18-,19-/m00/s1. The van der Waals surface area contributed by atoms with Crippen molar-refractivity contribution in [1.29, 1.82) is 0 Å². The maximum absolute atomic E-state index is 13.0. The van der Waals surface area contributed by atoms with Gasteiger partial charge in [-0.15, -0.1) is 0 Å². The third kappa shape index (κ3) is 18.8. The van der Waals surface area contributed by atoms with E-state index < -0.39 is 24.0 Å². The molecule has 386 valence electrons. The van der Waals surface area contributed by atoms with Crippen LogP contribution in [0.15, 0.2) is 61.1 Å². The second-order valence-electron chi connectivity index (χ2n) is 17.2. The molecule has 2 fully saturated rings. The maximum Gasteiger partial charge on any atom is 0.328 e. The Morgan fingerprint density at radius 1 is 0.786 bits per heavy atom. The molecular weight excluding hydrogens is 939 g/mol. The number of amides is 4. The fourth-order valence-corrected chi connectivity index (χ4v) is 9.70. The lowest BCUT2D eigenvalue weighted by molar-refractivity contribution is -0.145. The van der Waals surface area contributed by atoms with Crippen LogP contribution in [0.5, 0.6) is 11.5 Å². The van der Waals surface area contributed by atoms with Crippen LogP contribution in [0.4, 0.5) is 0 Å². The number of imidazole rings is 1. The van der Waals surface area contributed by atoms with E-state index in [4.69, 9.17) is 19.9 Å². The normalized spacial score (nSPS) is 16.3. The number of esters is 1. The quantitative estimate of drug-likeness (QED) is 0.0657. The summed E-state index contributed by atoms with van der Waals surface area (Å²) in [6, 6.07) is 13.6. The van der Waals surface area contributed by atoms with Gasteiger partial charge in [-0.05, 0) is 81.1 Å². The van der Waals surface area contributed by atoms with Crippen LogP contribution in [-0.2, 0) is 53.0 Å². The highest BCUT2D eigenvalue weighted by Gasteiger charge is 2.33. The van der Waals surface area contributed by atoms with Crippen LogP contribution in [0, 0.1) is 0 Å². The average Bonchev–Trinajstić information content (AvgIpc) is 4.17. The molecular formula is C49H73N9O10S2. The van der Waals surface area contributed by atoms with E-state index in [1.807, 2.05) is 80.6 Å². The number of carbonyl (C=O) groups is 6. The first-order chi connectivity index (χ1) is 33.8. The molecule has 0 saturated carbocycles. The molecule has 0 radical (unpaired) electrons. The molecule has 2 saturated heterocycles. The van der Waals surface area contributed by atoms with Crippen LogP contribution in [0.3, 0.4) is 0 Å². The predicted octanol–water partition coefficient (Wildman–Crippen LogP) is 3.02. The minimum atomic E-state index is -1.04. The monoisotopic (exact) mass is 1010 g/mol. The third-order valence-electron chi connectivity index (χ3n) is 12.3. The third-order valence-corrected chi connectivity index (χ3v) is 13.5. The number of nitrogens with zero attached hydrogens (tertiary/aromatic N) is 5. The molecule has 3 heterocycles. The van der Waals surface area contributed by atoms with Gasteiger partial charge < -0.3 is 50.5 Å². The maximum atomic E-state index is 13.0. The van der Waals surface area contributed by atoms with Crippen molar-refractivity contribution in [3.63, 3.8) is 0 Å². The van der Waals surface area contributed by atoms with Crippen LogP contribution < -0.4 is 25.8 Å². The second-order valence-corrected chi connectivity index (χ2v) is 19.1. The van der Waals surface area contributed by atoms with E-state index in [9.17, 15) is 33.9 Å². The van der Waals surface area contributed by atoms with Gasteiger partial charge in [0.05, 0.1) is 47.3 Å². The number of thioether (sulfide) groups is 2. The predicted molar refractivity (Wildman–Crippen MR) is 271 cm³/mol. The molecule has 0 unspecified atom stereocenters. The molecule has 4 atom stereocenters. The number of aliphatic carboxylic acids is 1. The summed E-state index contributed by atoms with van der Waals surface area (Å²) in [5.74, 6) is 0.710. The molecule has 1 aromatic heterocycles. The number of H-pyrrole nitrogens is 1.